The maximum Gasteiger partial charge on any atom is 0.251 e. The number of aromatic amines is 1. The Labute approximate surface area is 151 Å². The van der Waals surface area contributed by atoms with Gasteiger partial charge in [-0.05, 0) is 41.6 Å². The first-order chi connectivity index (χ1) is 12.7. The molecule has 132 valence electrons. The quantitative estimate of drug-likeness (QED) is 0.673. The largest absolute Gasteiger partial charge is 0.497 e. The van der Waals surface area contributed by atoms with Crippen molar-refractivity contribution < 1.29 is 9.53 Å². The number of ether oxygens (including phenoxy) is 1. The van der Waals surface area contributed by atoms with Gasteiger partial charge < -0.3 is 15.0 Å². The summed E-state index contributed by atoms with van der Waals surface area (Å²) in [4.78, 5) is 26.9. The zero-order chi connectivity index (χ0) is 18.4. The van der Waals surface area contributed by atoms with Crippen LogP contribution in [0.4, 0.5) is 0 Å². The van der Waals surface area contributed by atoms with Crippen LogP contribution in [0.15, 0.2) is 65.5 Å². The van der Waals surface area contributed by atoms with Crippen molar-refractivity contribution in [2.24, 2.45) is 0 Å². The number of pyridine rings is 1. The Bertz CT molecular complexity index is 991. The summed E-state index contributed by atoms with van der Waals surface area (Å²) in [5, 5.41) is 3.72. The first kappa shape index (κ1) is 17.5. The predicted molar refractivity (Wildman–Crippen MR) is 103 cm³/mol. The van der Waals surface area contributed by atoms with Gasteiger partial charge in [0.2, 0.25) is 5.91 Å². The summed E-state index contributed by atoms with van der Waals surface area (Å²) in [6.45, 7) is 0.392. The molecule has 2 N–H and O–H groups in total. The number of fused-ring (bicyclic) bond motifs is 1. The second-order valence-corrected chi connectivity index (χ2v) is 5.86. The van der Waals surface area contributed by atoms with Gasteiger partial charge in [-0.25, -0.2) is 0 Å². The molecule has 0 aliphatic carbocycles. The van der Waals surface area contributed by atoms with Gasteiger partial charge in [0.25, 0.3) is 5.56 Å². The van der Waals surface area contributed by atoms with Crippen LogP contribution in [-0.4, -0.2) is 24.5 Å². The number of rotatable bonds is 6. The lowest BCUT2D eigenvalue weighted by atomic mass is 10.1. The summed E-state index contributed by atoms with van der Waals surface area (Å²) < 4.78 is 5.16. The second-order valence-electron chi connectivity index (χ2n) is 5.86. The normalized spacial score (nSPS) is 11.0. The molecule has 26 heavy (non-hydrogen) atoms. The Balaban J connectivity index is 1.61. The molecule has 3 aromatic rings. The van der Waals surface area contributed by atoms with E-state index in [9.17, 15) is 9.59 Å². The highest BCUT2D eigenvalue weighted by atomic mass is 16.5. The van der Waals surface area contributed by atoms with E-state index in [0.29, 0.717) is 24.3 Å². The number of methoxy groups -OCH3 is 1. The monoisotopic (exact) mass is 348 g/mol. The Morgan fingerprint density at radius 3 is 2.73 bits per heavy atom. The maximum absolute atomic E-state index is 12.2. The van der Waals surface area contributed by atoms with Crippen LogP contribution in [0.5, 0.6) is 5.75 Å². The van der Waals surface area contributed by atoms with Gasteiger partial charge in [0.15, 0.2) is 0 Å². The van der Waals surface area contributed by atoms with Gasteiger partial charge in [-0.3, -0.25) is 9.59 Å². The third-order valence-corrected chi connectivity index (χ3v) is 4.05. The molecule has 1 heterocycles. The minimum Gasteiger partial charge on any atom is -0.497 e. The molecule has 5 heteroatoms. The van der Waals surface area contributed by atoms with Gasteiger partial charge in [0, 0.05) is 24.3 Å². The fourth-order valence-corrected chi connectivity index (χ4v) is 2.65. The molecule has 1 amide bonds. The zero-order valence-corrected chi connectivity index (χ0v) is 14.5. The van der Waals surface area contributed by atoms with E-state index in [0.717, 1.165) is 16.5 Å². The van der Waals surface area contributed by atoms with Gasteiger partial charge in [0.05, 0.1) is 12.6 Å². The number of hydrogen-bond acceptors (Lipinski definition) is 3. The van der Waals surface area contributed by atoms with Crippen LogP contribution in [0, 0.1) is 0 Å². The van der Waals surface area contributed by atoms with Gasteiger partial charge in [-0.15, -0.1) is 0 Å². The molecule has 0 saturated carbocycles. The minimum absolute atomic E-state index is 0.153. The van der Waals surface area contributed by atoms with Gasteiger partial charge in [-0.2, -0.15) is 0 Å². The van der Waals surface area contributed by atoms with E-state index in [1.807, 2.05) is 48.5 Å². The van der Waals surface area contributed by atoms with E-state index in [1.54, 1.807) is 19.3 Å². The molecule has 5 nitrogen and oxygen atoms in total. The van der Waals surface area contributed by atoms with Crippen LogP contribution in [0.3, 0.4) is 0 Å². The molecule has 3 rings (SSSR count). The van der Waals surface area contributed by atoms with Crippen molar-refractivity contribution in [2.75, 3.05) is 13.7 Å². The van der Waals surface area contributed by atoms with Gasteiger partial charge >= 0.3 is 0 Å². The van der Waals surface area contributed by atoms with E-state index >= 15 is 0 Å². The first-order valence-electron chi connectivity index (χ1n) is 8.36. The van der Waals surface area contributed by atoms with Crippen LogP contribution in [0.25, 0.3) is 17.0 Å². The number of H-pyrrole nitrogens is 1. The number of aromatic nitrogens is 1. The molecule has 0 aliphatic heterocycles. The van der Waals surface area contributed by atoms with E-state index in [1.165, 1.54) is 6.08 Å². The van der Waals surface area contributed by atoms with Crippen LogP contribution in [0.1, 0.15) is 11.1 Å². The van der Waals surface area contributed by atoms with Gasteiger partial charge in [-0.1, -0.05) is 30.3 Å². The van der Waals surface area contributed by atoms with Crippen LogP contribution in [-0.2, 0) is 11.2 Å². The van der Waals surface area contributed by atoms with Crippen LogP contribution in [0.2, 0.25) is 0 Å². The van der Waals surface area contributed by atoms with Crippen molar-refractivity contribution in [3.63, 3.8) is 0 Å². The molecule has 0 radical (unpaired) electrons. The third-order valence-electron chi connectivity index (χ3n) is 4.05. The average molecular weight is 348 g/mol. The molecule has 0 aliphatic rings. The number of nitrogens with one attached hydrogen (secondary N) is 2. The van der Waals surface area contributed by atoms with Crippen molar-refractivity contribution >= 4 is 22.9 Å². The van der Waals surface area contributed by atoms with Gasteiger partial charge in [0.1, 0.15) is 5.75 Å². The first-order valence-corrected chi connectivity index (χ1v) is 8.36. The molecule has 0 bridgehead atoms. The lowest BCUT2D eigenvalue weighted by Gasteiger charge is -2.06. The van der Waals surface area contributed by atoms with Crippen LogP contribution >= 0.6 is 0 Å². The molecular formula is C21H20N2O3. The van der Waals surface area contributed by atoms with Crippen molar-refractivity contribution in [3.8, 4) is 5.75 Å². The lowest BCUT2D eigenvalue weighted by Crippen LogP contribution is -2.25. The number of carbonyl (C=O) groups excluding carboxylic acids is 1. The highest BCUT2D eigenvalue weighted by Crippen LogP contribution is 2.18. The van der Waals surface area contributed by atoms with E-state index in [2.05, 4.69) is 10.3 Å². The van der Waals surface area contributed by atoms with E-state index in [-0.39, 0.29) is 11.5 Å². The number of amides is 1. The fourth-order valence-electron chi connectivity index (χ4n) is 2.65. The minimum atomic E-state index is -0.184. The molecule has 0 unspecified atom stereocenters. The highest BCUT2D eigenvalue weighted by Gasteiger charge is 2.05. The summed E-state index contributed by atoms with van der Waals surface area (Å²) in [7, 11) is 1.59. The molecule has 0 saturated heterocycles. The summed E-state index contributed by atoms with van der Waals surface area (Å²) in [5.41, 5.74) is 2.17. The summed E-state index contributed by atoms with van der Waals surface area (Å²) in [6.07, 6.45) is 3.71. The van der Waals surface area contributed by atoms with Crippen molar-refractivity contribution in [1.82, 2.24) is 10.3 Å². The smallest absolute Gasteiger partial charge is 0.251 e. The Kier molecular flexibility index (Phi) is 5.49. The summed E-state index contributed by atoms with van der Waals surface area (Å²) in [5.74, 6) is 0.508. The maximum atomic E-state index is 12.2. The van der Waals surface area contributed by atoms with E-state index in [4.69, 9.17) is 4.74 Å². The highest BCUT2D eigenvalue weighted by molar-refractivity contribution is 5.91. The lowest BCUT2D eigenvalue weighted by molar-refractivity contribution is -0.116. The number of hydrogen-bond donors (Lipinski definition) is 2. The Morgan fingerprint density at radius 2 is 1.96 bits per heavy atom. The summed E-state index contributed by atoms with van der Waals surface area (Å²) >= 11 is 0. The fraction of sp³-hybridized carbons (Fsp3) is 0.143. The zero-order valence-electron chi connectivity index (χ0n) is 14.5. The van der Waals surface area contributed by atoms with Crippen molar-refractivity contribution in [2.45, 2.75) is 6.42 Å². The van der Waals surface area contributed by atoms with Crippen molar-refractivity contribution in [3.05, 3.63) is 82.2 Å². The van der Waals surface area contributed by atoms with E-state index < -0.39 is 0 Å². The molecular weight excluding hydrogens is 328 g/mol. The number of carbonyl (C=O) groups is 1. The average Bonchev–Trinajstić information content (AvgIpc) is 2.67. The topological polar surface area (TPSA) is 71.2 Å². The SMILES string of the molecule is COc1ccc2cc(CCNC(=O)C=Cc3ccccc3)c(=O)[nH]c2c1. The molecule has 0 spiro atoms. The third kappa shape index (κ3) is 4.39. The number of benzene rings is 2. The molecule has 0 atom stereocenters. The second kappa shape index (κ2) is 8.16. The standard InChI is InChI=1S/C21H20N2O3/c1-26-18-9-8-16-13-17(21(25)23-19(16)14-18)11-12-22-20(24)10-7-15-5-3-2-4-6-15/h2-10,13-14H,11-12H2,1H3,(H,22,24)(H,23,25). The summed E-state index contributed by atoms with van der Waals surface area (Å²) in [6, 6.07) is 17.0. The Hall–Kier alpha value is -3.34. The predicted octanol–water partition coefficient (Wildman–Crippen LogP) is 2.91. The molecule has 2 aromatic carbocycles. The molecule has 1 aromatic heterocycles. The Morgan fingerprint density at radius 1 is 1.15 bits per heavy atom. The molecule has 0 fully saturated rings. The van der Waals surface area contributed by atoms with Crippen molar-refractivity contribution in [1.29, 1.82) is 0 Å². The van der Waals surface area contributed by atoms with Crippen LogP contribution < -0.4 is 15.6 Å².